The first-order valence-electron chi connectivity index (χ1n) is 11.4. The van der Waals surface area contributed by atoms with E-state index in [0.29, 0.717) is 34.4 Å². The van der Waals surface area contributed by atoms with Crippen LogP contribution in [0.25, 0.3) is 32.7 Å². The highest BCUT2D eigenvalue weighted by molar-refractivity contribution is 6.09. The predicted octanol–water partition coefficient (Wildman–Crippen LogP) is 9.61. The fourth-order valence-corrected chi connectivity index (χ4v) is 4.41. The fourth-order valence-electron chi connectivity index (χ4n) is 4.41. The van der Waals surface area contributed by atoms with Crippen molar-refractivity contribution in [1.29, 1.82) is 0 Å². The second kappa shape index (κ2) is 9.69. The third kappa shape index (κ3) is 4.77. The molecule has 0 radical (unpaired) electrons. The number of hydrogen-bond donors (Lipinski definition) is 0. The Morgan fingerprint density at radius 1 is 0.618 bits per heavy atom. The molecule has 0 aliphatic rings. The summed E-state index contributed by atoms with van der Waals surface area (Å²) >= 11 is 0. The zero-order valence-electron chi connectivity index (χ0n) is 18.7. The quantitative estimate of drug-likeness (QED) is 0.142. The minimum Gasteiger partial charge on any atom is -0.206 e. The van der Waals surface area contributed by atoms with Gasteiger partial charge in [-0.25, -0.2) is 13.2 Å². The Bertz CT molecular complexity index is 1340. The van der Waals surface area contributed by atoms with Crippen LogP contribution in [0.4, 0.5) is 26.3 Å². The monoisotopic (exact) mass is 474 g/mol. The Morgan fingerprint density at radius 2 is 1.26 bits per heavy atom. The number of unbranched alkanes of at least 4 members (excludes halogenated alkanes) is 4. The fraction of sp³-hybridized carbons (Fsp3) is 0.286. The topological polar surface area (TPSA) is 0 Å². The van der Waals surface area contributed by atoms with Crippen molar-refractivity contribution in [3.63, 3.8) is 0 Å². The molecule has 0 heterocycles. The van der Waals surface area contributed by atoms with Crippen molar-refractivity contribution in [3.05, 3.63) is 83.2 Å². The molecule has 0 bridgehead atoms. The van der Waals surface area contributed by atoms with Crippen molar-refractivity contribution in [3.8, 4) is 11.1 Å². The molecule has 0 spiro atoms. The molecule has 0 nitrogen and oxygen atoms in total. The van der Waals surface area contributed by atoms with Gasteiger partial charge in [-0.15, -0.1) is 0 Å². The molecule has 4 aromatic carbocycles. The van der Waals surface area contributed by atoms with Crippen LogP contribution in [0.3, 0.4) is 0 Å². The van der Waals surface area contributed by atoms with Crippen molar-refractivity contribution in [1.82, 2.24) is 0 Å². The first-order chi connectivity index (χ1) is 16.2. The van der Waals surface area contributed by atoms with Crippen LogP contribution < -0.4 is 0 Å². The molecule has 0 fully saturated rings. The van der Waals surface area contributed by atoms with E-state index >= 15 is 8.78 Å². The molecule has 34 heavy (non-hydrogen) atoms. The minimum atomic E-state index is -4.80. The van der Waals surface area contributed by atoms with Gasteiger partial charge in [-0.3, -0.25) is 0 Å². The van der Waals surface area contributed by atoms with E-state index in [1.54, 1.807) is 24.3 Å². The molecule has 4 aromatic rings. The van der Waals surface area contributed by atoms with E-state index in [2.05, 4.69) is 6.92 Å². The molecule has 0 amide bonds. The highest BCUT2D eigenvalue weighted by Crippen LogP contribution is 2.36. The van der Waals surface area contributed by atoms with Gasteiger partial charge in [-0.05, 0) is 64.6 Å². The van der Waals surface area contributed by atoms with Crippen molar-refractivity contribution in [2.24, 2.45) is 0 Å². The standard InChI is InChI=1S/C28H24F6/c1-2-3-4-5-6-7-17-8-11-21-20-12-9-18(14-22(20)25(29)16-23(21)27(17)31)19-10-13-24(26(30)15-19)28(32,33)34/h8-16H,2-7H2,1H3. The summed E-state index contributed by atoms with van der Waals surface area (Å²) in [6.07, 6.45) is 1.07. The Hall–Kier alpha value is -3.02. The molecule has 0 atom stereocenters. The van der Waals surface area contributed by atoms with E-state index in [9.17, 15) is 17.6 Å². The number of hydrogen-bond acceptors (Lipinski definition) is 0. The van der Waals surface area contributed by atoms with Gasteiger partial charge >= 0.3 is 6.18 Å². The van der Waals surface area contributed by atoms with E-state index in [4.69, 9.17) is 0 Å². The van der Waals surface area contributed by atoms with Crippen LogP contribution in [0.1, 0.15) is 50.2 Å². The number of halogens is 6. The van der Waals surface area contributed by atoms with Crippen LogP contribution in [-0.4, -0.2) is 0 Å². The molecule has 0 N–H and O–H groups in total. The maximum Gasteiger partial charge on any atom is 0.419 e. The van der Waals surface area contributed by atoms with Crippen LogP contribution in [0.15, 0.2) is 54.6 Å². The van der Waals surface area contributed by atoms with Gasteiger partial charge in [0.15, 0.2) is 0 Å². The maximum absolute atomic E-state index is 15.2. The molecule has 4 rings (SSSR count). The number of alkyl halides is 3. The third-order valence-corrected chi connectivity index (χ3v) is 6.26. The van der Waals surface area contributed by atoms with Gasteiger partial charge in [0.25, 0.3) is 0 Å². The van der Waals surface area contributed by atoms with Gasteiger partial charge in [0.1, 0.15) is 17.5 Å². The van der Waals surface area contributed by atoms with Gasteiger partial charge in [-0.1, -0.05) is 62.9 Å². The highest BCUT2D eigenvalue weighted by Gasteiger charge is 2.34. The summed E-state index contributed by atoms with van der Waals surface area (Å²) in [6.45, 7) is 2.13. The lowest BCUT2D eigenvalue weighted by Crippen LogP contribution is -2.07. The average molecular weight is 474 g/mol. The summed E-state index contributed by atoms with van der Waals surface area (Å²) in [5, 5.41) is 1.43. The van der Waals surface area contributed by atoms with Crippen molar-refractivity contribution < 1.29 is 26.3 Å². The zero-order chi connectivity index (χ0) is 24.5. The average Bonchev–Trinajstić information content (AvgIpc) is 2.79. The molecule has 0 unspecified atom stereocenters. The van der Waals surface area contributed by atoms with Crippen LogP contribution >= 0.6 is 0 Å². The van der Waals surface area contributed by atoms with Crippen LogP contribution in [0.2, 0.25) is 0 Å². The highest BCUT2D eigenvalue weighted by atomic mass is 19.4. The number of rotatable bonds is 7. The van der Waals surface area contributed by atoms with Crippen molar-refractivity contribution >= 4 is 21.5 Å². The second-order valence-electron chi connectivity index (χ2n) is 8.61. The lowest BCUT2D eigenvalue weighted by atomic mass is 9.94. The van der Waals surface area contributed by atoms with E-state index < -0.39 is 29.2 Å². The Labute approximate surface area is 194 Å². The summed E-state index contributed by atoms with van der Waals surface area (Å²) in [4.78, 5) is 0. The van der Waals surface area contributed by atoms with E-state index in [1.807, 2.05) is 0 Å². The molecule has 0 aliphatic heterocycles. The first kappa shape index (κ1) is 24.1. The lowest BCUT2D eigenvalue weighted by molar-refractivity contribution is -0.139. The number of benzene rings is 4. The van der Waals surface area contributed by atoms with E-state index in [-0.39, 0.29) is 16.3 Å². The van der Waals surface area contributed by atoms with Gasteiger partial charge in [0.05, 0.1) is 5.56 Å². The van der Waals surface area contributed by atoms with Crippen molar-refractivity contribution in [2.45, 2.75) is 51.6 Å². The maximum atomic E-state index is 15.2. The SMILES string of the molecule is CCCCCCCc1ccc2c(cc(F)c3cc(-c4ccc(C(F)(F)F)c(F)c4)ccc32)c1F. The van der Waals surface area contributed by atoms with Gasteiger partial charge in [-0.2, -0.15) is 13.2 Å². The lowest BCUT2D eigenvalue weighted by Gasteiger charge is -2.12. The normalized spacial score (nSPS) is 12.1. The molecule has 0 aromatic heterocycles. The van der Waals surface area contributed by atoms with Gasteiger partial charge in [0.2, 0.25) is 0 Å². The molecule has 0 saturated heterocycles. The summed E-state index contributed by atoms with van der Waals surface area (Å²) in [5.74, 6) is -2.47. The second-order valence-corrected chi connectivity index (χ2v) is 8.61. The zero-order valence-corrected chi connectivity index (χ0v) is 18.7. The van der Waals surface area contributed by atoms with Crippen LogP contribution in [0, 0.1) is 17.5 Å². The molecule has 0 aliphatic carbocycles. The summed E-state index contributed by atoms with van der Waals surface area (Å²) in [5.41, 5.74) is -0.246. The third-order valence-electron chi connectivity index (χ3n) is 6.26. The first-order valence-corrected chi connectivity index (χ1v) is 11.4. The number of fused-ring (bicyclic) bond motifs is 3. The van der Waals surface area contributed by atoms with E-state index in [0.717, 1.165) is 50.3 Å². The molecular formula is C28H24F6. The Balaban J connectivity index is 1.70. The van der Waals surface area contributed by atoms with Gasteiger partial charge < -0.3 is 0 Å². The van der Waals surface area contributed by atoms with E-state index in [1.165, 1.54) is 6.07 Å². The van der Waals surface area contributed by atoms with Crippen molar-refractivity contribution in [2.75, 3.05) is 0 Å². The summed E-state index contributed by atoms with van der Waals surface area (Å²) < 4.78 is 82.8. The molecule has 6 heteroatoms. The Kier molecular flexibility index (Phi) is 6.87. The van der Waals surface area contributed by atoms with Crippen LogP contribution in [0.5, 0.6) is 0 Å². The summed E-state index contributed by atoms with van der Waals surface area (Å²) in [6, 6.07) is 11.9. The van der Waals surface area contributed by atoms with Crippen LogP contribution in [-0.2, 0) is 12.6 Å². The molecule has 178 valence electrons. The minimum absolute atomic E-state index is 0.191. The summed E-state index contributed by atoms with van der Waals surface area (Å²) in [7, 11) is 0. The smallest absolute Gasteiger partial charge is 0.206 e. The molecular weight excluding hydrogens is 450 g/mol. The Morgan fingerprint density at radius 3 is 1.97 bits per heavy atom. The predicted molar refractivity (Wildman–Crippen MR) is 124 cm³/mol. The largest absolute Gasteiger partial charge is 0.419 e. The molecule has 0 saturated carbocycles. The van der Waals surface area contributed by atoms with Gasteiger partial charge in [0, 0.05) is 10.8 Å². The number of aryl methyl sites for hydroxylation is 1.